The fourth-order valence-electron chi connectivity index (χ4n) is 0.995. The predicted octanol–water partition coefficient (Wildman–Crippen LogP) is -0.140. The van der Waals surface area contributed by atoms with E-state index in [1.807, 2.05) is 0 Å². The number of amides is 1. The Hall–Kier alpha value is -1.32. The van der Waals surface area contributed by atoms with Gasteiger partial charge in [-0.1, -0.05) is 0 Å². The Balaban J connectivity index is 2.65. The minimum Gasteiger partial charge on any atom is -0.515 e. The molecule has 1 aliphatic heterocycles. The molecule has 4 heteroatoms. The zero-order valence-electron chi connectivity index (χ0n) is 5.99. The lowest BCUT2D eigenvalue weighted by molar-refractivity contribution is -0.122. The summed E-state index contributed by atoms with van der Waals surface area (Å²) in [5.41, 5.74) is 0.309. The molecule has 1 N–H and O–H groups in total. The SMILES string of the molecule is O=CN1CCC(=O)/C(=C/O)C1. The van der Waals surface area contributed by atoms with Crippen LogP contribution in [0.15, 0.2) is 11.8 Å². The molecule has 1 rings (SSSR count). The van der Waals surface area contributed by atoms with Crippen molar-refractivity contribution in [1.82, 2.24) is 4.90 Å². The molecule has 11 heavy (non-hydrogen) atoms. The lowest BCUT2D eigenvalue weighted by Gasteiger charge is -2.22. The van der Waals surface area contributed by atoms with Gasteiger partial charge < -0.3 is 10.0 Å². The third kappa shape index (κ3) is 1.58. The number of hydrogen-bond donors (Lipinski definition) is 1. The van der Waals surface area contributed by atoms with Crippen LogP contribution in [-0.2, 0) is 9.59 Å². The van der Waals surface area contributed by atoms with Crippen LogP contribution in [0.25, 0.3) is 0 Å². The molecule has 0 aromatic rings. The Morgan fingerprint density at radius 3 is 2.82 bits per heavy atom. The molecule has 0 atom stereocenters. The number of carbonyl (C=O) groups is 2. The zero-order valence-corrected chi connectivity index (χ0v) is 5.99. The average Bonchev–Trinajstić information content (AvgIpc) is 2.05. The lowest BCUT2D eigenvalue weighted by Crippen LogP contribution is -2.34. The van der Waals surface area contributed by atoms with Crippen LogP contribution in [0.3, 0.4) is 0 Å². The molecular formula is C7H9NO3. The van der Waals surface area contributed by atoms with Crippen LogP contribution in [0.1, 0.15) is 6.42 Å². The van der Waals surface area contributed by atoms with Gasteiger partial charge in [-0.2, -0.15) is 0 Å². The highest BCUT2D eigenvalue weighted by Crippen LogP contribution is 2.08. The van der Waals surface area contributed by atoms with E-state index >= 15 is 0 Å². The van der Waals surface area contributed by atoms with Gasteiger partial charge in [0.25, 0.3) is 0 Å². The van der Waals surface area contributed by atoms with Crippen molar-refractivity contribution in [3.8, 4) is 0 Å². The number of carbonyl (C=O) groups excluding carboxylic acids is 2. The normalized spacial score (nSPS) is 22.4. The predicted molar refractivity (Wildman–Crippen MR) is 38.0 cm³/mol. The highest BCUT2D eigenvalue weighted by Gasteiger charge is 2.19. The average molecular weight is 155 g/mol. The zero-order chi connectivity index (χ0) is 8.27. The number of likely N-dealkylation sites (tertiary alicyclic amines) is 1. The number of rotatable bonds is 1. The van der Waals surface area contributed by atoms with E-state index in [0.29, 0.717) is 24.9 Å². The van der Waals surface area contributed by atoms with Crippen molar-refractivity contribution in [3.63, 3.8) is 0 Å². The minimum absolute atomic E-state index is 0.0781. The van der Waals surface area contributed by atoms with Crippen LogP contribution in [0.5, 0.6) is 0 Å². The Morgan fingerprint density at radius 2 is 2.27 bits per heavy atom. The molecule has 0 aromatic carbocycles. The van der Waals surface area contributed by atoms with E-state index in [4.69, 9.17) is 5.11 Å². The fraction of sp³-hybridized carbons (Fsp3) is 0.429. The number of aliphatic hydroxyl groups is 1. The van der Waals surface area contributed by atoms with Crippen molar-refractivity contribution in [2.75, 3.05) is 13.1 Å². The van der Waals surface area contributed by atoms with Crippen molar-refractivity contribution in [1.29, 1.82) is 0 Å². The summed E-state index contributed by atoms with van der Waals surface area (Å²) < 4.78 is 0. The van der Waals surface area contributed by atoms with E-state index in [0.717, 1.165) is 6.26 Å². The summed E-state index contributed by atoms with van der Waals surface area (Å²) in [7, 11) is 0. The molecule has 0 spiro atoms. The van der Waals surface area contributed by atoms with E-state index in [1.165, 1.54) is 4.90 Å². The summed E-state index contributed by atoms with van der Waals surface area (Å²) in [5.74, 6) is -0.0781. The van der Waals surface area contributed by atoms with Crippen LogP contribution in [-0.4, -0.2) is 35.3 Å². The van der Waals surface area contributed by atoms with E-state index in [1.54, 1.807) is 0 Å². The van der Waals surface area contributed by atoms with E-state index in [2.05, 4.69) is 0 Å². The number of hydrogen-bond acceptors (Lipinski definition) is 3. The summed E-state index contributed by atoms with van der Waals surface area (Å²) in [5, 5.41) is 8.55. The summed E-state index contributed by atoms with van der Waals surface area (Å²) in [6.07, 6.45) is 1.76. The first-order chi connectivity index (χ1) is 5.27. The molecule has 4 nitrogen and oxygen atoms in total. The van der Waals surface area contributed by atoms with E-state index in [-0.39, 0.29) is 12.3 Å². The molecule has 1 saturated heterocycles. The fourth-order valence-corrected chi connectivity index (χ4v) is 0.995. The molecule has 0 aliphatic carbocycles. The summed E-state index contributed by atoms with van der Waals surface area (Å²) in [4.78, 5) is 22.6. The second-order valence-electron chi connectivity index (χ2n) is 2.40. The second-order valence-corrected chi connectivity index (χ2v) is 2.40. The van der Waals surface area contributed by atoms with Gasteiger partial charge in [0.2, 0.25) is 6.41 Å². The Labute approximate surface area is 64.1 Å². The smallest absolute Gasteiger partial charge is 0.210 e. The van der Waals surface area contributed by atoms with Gasteiger partial charge in [0.05, 0.1) is 12.8 Å². The van der Waals surface area contributed by atoms with Gasteiger partial charge in [0, 0.05) is 18.5 Å². The molecule has 1 amide bonds. The van der Waals surface area contributed by atoms with Crippen molar-refractivity contribution in [2.45, 2.75) is 6.42 Å². The largest absolute Gasteiger partial charge is 0.515 e. The first-order valence-electron chi connectivity index (χ1n) is 3.33. The van der Waals surface area contributed by atoms with Crippen molar-refractivity contribution in [2.24, 2.45) is 0 Å². The van der Waals surface area contributed by atoms with Crippen LogP contribution < -0.4 is 0 Å². The van der Waals surface area contributed by atoms with Crippen LogP contribution in [0, 0.1) is 0 Å². The second kappa shape index (κ2) is 3.18. The molecule has 60 valence electrons. The highest BCUT2D eigenvalue weighted by molar-refractivity contribution is 5.96. The maximum absolute atomic E-state index is 10.9. The monoisotopic (exact) mass is 155 g/mol. The minimum atomic E-state index is -0.0781. The number of aliphatic hydroxyl groups excluding tert-OH is 1. The Bertz CT molecular complexity index is 210. The van der Waals surface area contributed by atoms with Gasteiger partial charge in [0.1, 0.15) is 0 Å². The molecule has 0 saturated carbocycles. The first-order valence-corrected chi connectivity index (χ1v) is 3.33. The van der Waals surface area contributed by atoms with Gasteiger partial charge >= 0.3 is 0 Å². The standard InChI is InChI=1S/C7H9NO3/c9-4-6-3-8(5-10)2-1-7(6)11/h4-5,9H,1-3H2/b6-4+. The third-order valence-corrected chi connectivity index (χ3v) is 1.66. The molecule has 0 radical (unpaired) electrons. The molecule has 1 fully saturated rings. The number of Topliss-reactive ketones (excluding diaryl/α,β-unsaturated/α-hetero) is 1. The molecule has 0 aromatic heterocycles. The quantitative estimate of drug-likeness (QED) is 0.325. The van der Waals surface area contributed by atoms with E-state index in [9.17, 15) is 9.59 Å². The van der Waals surface area contributed by atoms with E-state index < -0.39 is 0 Å². The molecule has 1 heterocycles. The summed E-state index contributed by atoms with van der Waals surface area (Å²) >= 11 is 0. The van der Waals surface area contributed by atoms with Crippen LogP contribution >= 0.6 is 0 Å². The molecule has 0 bridgehead atoms. The molecule has 0 unspecified atom stereocenters. The highest BCUT2D eigenvalue weighted by atomic mass is 16.2. The number of piperidine rings is 1. The van der Waals surface area contributed by atoms with Crippen molar-refractivity contribution >= 4 is 12.2 Å². The van der Waals surface area contributed by atoms with Crippen molar-refractivity contribution in [3.05, 3.63) is 11.8 Å². The van der Waals surface area contributed by atoms with Gasteiger partial charge in [-0.05, 0) is 0 Å². The number of ketones is 1. The van der Waals surface area contributed by atoms with Gasteiger partial charge in [-0.25, -0.2) is 0 Å². The molecule has 1 aliphatic rings. The van der Waals surface area contributed by atoms with Crippen LogP contribution in [0.4, 0.5) is 0 Å². The molecular weight excluding hydrogens is 146 g/mol. The van der Waals surface area contributed by atoms with Crippen LogP contribution in [0.2, 0.25) is 0 Å². The first kappa shape index (κ1) is 7.78. The maximum atomic E-state index is 10.9. The summed E-state index contributed by atoms with van der Waals surface area (Å²) in [6, 6.07) is 0. The third-order valence-electron chi connectivity index (χ3n) is 1.66. The van der Waals surface area contributed by atoms with Gasteiger partial charge in [-0.15, -0.1) is 0 Å². The summed E-state index contributed by atoms with van der Waals surface area (Å²) in [6.45, 7) is 0.693. The van der Waals surface area contributed by atoms with Gasteiger partial charge in [-0.3, -0.25) is 9.59 Å². The van der Waals surface area contributed by atoms with Gasteiger partial charge in [0.15, 0.2) is 5.78 Å². The lowest BCUT2D eigenvalue weighted by atomic mass is 10.1. The Morgan fingerprint density at radius 1 is 1.55 bits per heavy atom. The number of nitrogens with zero attached hydrogens (tertiary/aromatic N) is 1. The van der Waals surface area contributed by atoms with Crippen molar-refractivity contribution < 1.29 is 14.7 Å². The topological polar surface area (TPSA) is 57.6 Å². The Kier molecular flexibility index (Phi) is 2.25. The maximum Gasteiger partial charge on any atom is 0.210 e.